The maximum absolute atomic E-state index is 11.9. The molecule has 0 radical (unpaired) electrons. The van der Waals surface area contributed by atoms with Gasteiger partial charge < -0.3 is 10.1 Å². The van der Waals surface area contributed by atoms with Gasteiger partial charge in [0, 0.05) is 18.0 Å². The minimum absolute atomic E-state index is 0.0353. The molecule has 4 heteroatoms. The summed E-state index contributed by atoms with van der Waals surface area (Å²) in [6.45, 7) is 2.53. The van der Waals surface area contributed by atoms with Gasteiger partial charge in [0.25, 0.3) is 0 Å². The van der Waals surface area contributed by atoms with Crippen molar-refractivity contribution in [2.45, 2.75) is 13.3 Å². The highest BCUT2D eigenvalue weighted by atomic mass is 35.5. The van der Waals surface area contributed by atoms with Crippen molar-refractivity contribution in [2.75, 3.05) is 20.7 Å². The van der Waals surface area contributed by atoms with Crippen LogP contribution in [0.25, 0.3) is 0 Å². The summed E-state index contributed by atoms with van der Waals surface area (Å²) in [6, 6.07) is 3.46. The third-order valence-corrected chi connectivity index (χ3v) is 2.79. The second kappa shape index (κ2) is 5.87. The molecule has 0 aliphatic heterocycles. The normalized spacial score (nSPS) is 10.2. The Morgan fingerprint density at radius 1 is 1.50 bits per heavy atom. The SMILES string of the molecule is CNCCC(=O)c1cc(Cl)c(C)cc1OC. The van der Waals surface area contributed by atoms with Gasteiger partial charge in [-0.25, -0.2) is 0 Å². The first kappa shape index (κ1) is 13.0. The molecule has 0 amide bonds. The Bertz CT molecular complexity index is 391. The van der Waals surface area contributed by atoms with E-state index in [-0.39, 0.29) is 5.78 Å². The predicted octanol–water partition coefficient (Wildman–Crippen LogP) is 2.45. The van der Waals surface area contributed by atoms with Crippen molar-refractivity contribution in [3.8, 4) is 5.75 Å². The molecule has 1 N–H and O–H groups in total. The number of Topliss-reactive ketones (excluding diaryl/α,β-unsaturated/α-hetero) is 1. The predicted molar refractivity (Wildman–Crippen MR) is 65.6 cm³/mol. The third kappa shape index (κ3) is 2.97. The monoisotopic (exact) mass is 241 g/mol. The quantitative estimate of drug-likeness (QED) is 0.805. The van der Waals surface area contributed by atoms with Gasteiger partial charge in [0.1, 0.15) is 5.75 Å². The fourth-order valence-electron chi connectivity index (χ4n) is 1.42. The van der Waals surface area contributed by atoms with Gasteiger partial charge in [-0.15, -0.1) is 0 Å². The highest BCUT2D eigenvalue weighted by molar-refractivity contribution is 6.31. The highest BCUT2D eigenvalue weighted by Gasteiger charge is 2.13. The second-order valence-electron chi connectivity index (χ2n) is 3.58. The number of nitrogens with one attached hydrogen (secondary N) is 1. The Balaban J connectivity index is 3.02. The van der Waals surface area contributed by atoms with Crippen LogP contribution in [0.3, 0.4) is 0 Å². The van der Waals surface area contributed by atoms with Crippen LogP contribution in [0.1, 0.15) is 22.3 Å². The summed E-state index contributed by atoms with van der Waals surface area (Å²) in [5, 5.41) is 3.53. The van der Waals surface area contributed by atoms with Gasteiger partial charge in [-0.1, -0.05) is 11.6 Å². The lowest BCUT2D eigenvalue weighted by Gasteiger charge is -2.10. The van der Waals surface area contributed by atoms with Crippen LogP contribution in [-0.2, 0) is 0 Å². The third-order valence-electron chi connectivity index (χ3n) is 2.38. The molecule has 0 aliphatic rings. The number of carbonyl (C=O) groups excluding carboxylic acids is 1. The molecular weight excluding hydrogens is 226 g/mol. The van der Waals surface area contributed by atoms with Crippen LogP contribution in [0, 0.1) is 6.92 Å². The first-order chi connectivity index (χ1) is 7.60. The van der Waals surface area contributed by atoms with Crippen molar-refractivity contribution in [2.24, 2.45) is 0 Å². The van der Waals surface area contributed by atoms with Gasteiger partial charge in [0.05, 0.1) is 12.7 Å². The number of ether oxygens (including phenoxy) is 1. The van der Waals surface area contributed by atoms with Crippen molar-refractivity contribution in [1.29, 1.82) is 0 Å². The zero-order chi connectivity index (χ0) is 12.1. The van der Waals surface area contributed by atoms with E-state index >= 15 is 0 Å². The number of halogens is 1. The van der Waals surface area contributed by atoms with Gasteiger partial charge in [-0.05, 0) is 31.7 Å². The summed E-state index contributed by atoms with van der Waals surface area (Å²) in [7, 11) is 3.37. The van der Waals surface area contributed by atoms with E-state index in [0.29, 0.717) is 29.3 Å². The smallest absolute Gasteiger partial charge is 0.167 e. The molecule has 0 unspecified atom stereocenters. The number of aryl methyl sites for hydroxylation is 1. The minimum Gasteiger partial charge on any atom is -0.496 e. The number of methoxy groups -OCH3 is 1. The summed E-state index contributed by atoms with van der Waals surface area (Å²) in [5.41, 5.74) is 1.46. The maximum atomic E-state index is 11.9. The number of benzene rings is 1. The van der Waals surface area contributed by atoms with Gasteiger partial charge in [0.2, 0.25) is 0 Å². The van der Waals surface area contributed by atoms with E-state index in [1.54, 1.807) is 19.2 Å². The fourth-order valence-corrected chi connectivity index (χ4v) is 1.58. The average molecular weight is 242 g/mol. The molecule has 0 saturated carbocycles. The molecule has 0 atom stereocenters. The Labute approximate surface area is 101 Å². The van der Waals surface area contributed by atoms with E-state index < -0.39 is 0 Å². The lowest BCUT2D eigenvalue weighted by molar-refractivity contribution is 0.0980. The topological polar surface area (TPSA) is 38.3 Å². The van der Waals surface area contributed by atoms with E-state index in [4.69, 9.17) is 16.3 Å². The number of rotatable bonds is 5. The van der Waals surface area contributed by atoms with Crippen molar-refractivity contribution >= 4 is 17.4 Å². The zero-order valence-corrected chi connectivity index (χ0v) is 10.5. The van der Waals surface area contributed by atoms with Crippen molar-refractivity contribution in [1.82, 2.24) is 5.32 Å². The Kier molecular flexibility index (Phi) is 4.77. The van der Waals surface area contributed by atoms with Crippen LogP contribution in [0.5, 0.6) is 5.75 Å². The molecule has 0 bridgehead atoms. The number of hydrogen-bond acceptors (Lipinski definition) is 3. The molecule has 88 valence electrons. The Hall–Kier alpha value is -1.06. The number of hydrogen-bond donors (Lipinski definition) is 1. The van der Waals surface area contributed by atoms with Crippen molar-refractivity contribution < 1.29 is 9.53 Å². The summed E-state index contributed by atoms with van der Waals surface area (Å²) in [5.74, 6) is 0.621. The van der Waals surface area contributed by atoms with E-state index in [1.165, 1.54) is 0 Å². The molecule has 0 saturated heterocycles. The van der Waals surface area contributed by atoms with Gasteiger partial charge in [-0.2, -0.15) is 0 Å². The molecular formula is C12H16ClNO2. The van der Waals surface area contributed by atoms with Crippen LogP contribution >= 0.6 is 11.6 Å². The van der Waals surface area contributed by atoms with E-state index in [2.05, 4.69) is 5.32 Å². The first-order valence-corrected chi connectivity index (χ1v) is 5.50. The molecule has 3 nitrogen and oxygen atoms in total. The largest absolute Gasteiger partial charge is 0.496 e. The number of ketones is 1. The number of carbonyl (C=O) groups is 1. The molecule has 16 heavy (non-hydrogen) atoms. The zero-order valence-electron chi connectivity index (χ0n) is 9.76. The second-order valence-corrected chi connectivity index (χ2v) is 3.99. The maximum Gasteiger partial charge on any atom is 0.167 e. The highest BCUT2D eigenvalue weighted by Crippen LogP contribution is 2.27. The van der Waals surface area contributed by atoms with Crippen LogP contribution < -0.4 is 10.1 Å². The van der Waals surface area contributed by atoms with E-state index in [0.717, 1.165) is 5.56 Å². The fraction of sp³-hybridized carbons (Fsp3) is 0.417. The van der Waals surface area contributed by atoms with Crippen molar-refractivity contribution in [3.05, 3.63) is 28.3 Å². The molecule has 0 aliphatic carbocycles. The van der Waals surface area contributed by atoms with Crippen LogP contribution in [0.4, 0.5) is 0 Å². The first-order valence-electron chi connectivity index (χ1n) is 5.12. The van der Waals surface area contributed by atoms with E-state index in [9.17, 15) is 4.79 Å². The van der Waals surface area contributed by atoms with Gasteiger partial charge in [0.15, 0.2) is 5.78 Å². The standard InChI is InChI=1S/C12H16ClNO2/c1-8-6-12(16-3)9(7-10(8)13)11(15)4-5-14-2/h6-7,14H,4-5H2,1-3H3. The molecule has 0 heterocycles. The summed E-state index contributed by atoms with van der Waals surface area (Å²) >= 11 is 6.00. The molecule has 1 rings (SSSR count). The van der Waals surface area contributed by atoms with Gasteiger partial charge in [-0.3, -0.25) is 4.79 Å². The van der Waals surface area contributed by atoms with E-state index in [1.807, 2.05) is 14.0 Å². The summed E-state index contributed by atoms with van der Waals surface area (Å²) in [4.78, 5) is 11.9. The lowest BCUT2D eigenvalue weighted by atomic mass is 10.0. The summed E-state index contributed by atoms with van der Waals surface area (Å²) < 4.78 is 5.18. The minimum atomic E-state index is 0.0353. The Morgan fingerprint density at radius 2 is 2.19 bits per heavy atom. The lowest BCUT2D eigenvalue weighted by Crippen LogP contribution is -2.13. The van der Waals surface area contributed by atoms with Crippen LogP contribution in [0.15, 0.2) is 12.1 Å². The average Bonchev–Trinajstić information content (AvgIpc) is 2.28. The summed E-state index contributed by atoms with van der Waals surface area (Å²) in [6.07, 6.45) is 0.437. The molecule has 0 aromatic heterocycles. The van der Waals surface area contributed by atoms with Crippen molar-refractivity contribution in [3.63, 3.8) is 0 Å². The molecule has 0 spiro atoms. The van der Waals surface area contributed by atoms with Crippen LogP contribution in [0.2, 0.25) is 5.02 Å². The molecule has 1 aromatic carbocycles. The van der Waals surface area contributed by atoms with Crippen LogP contribution in [-0.4, -0.2) is 26.5 Å². The molecule has 0 fully saturated rings. The Morgan fingerprint density at radius 3 is 2.75 bits per heavy atom. The van der Waals surface area contributed by atoms with Gasteiger partial charge >= 0.3 is 0 Å². The molecule has 1 aromatic rings.